The Morgan fingerprint density at radius 2 is 1.27 bits per heavy atom. The van der Waals surface area contributed by atoms with E-state index in [2.05, 4.69) is 55.1 Å². The SMILES string of the molecule is C=C(C)c1ccc(C(OCc2cc(F)ccc2B2OC(C)(C)C(C)(C)O2)(c2ccccc2)c2ccccc2)cc1. The Balaban J connectivity index is 1.63. The second-order valence-electron chi connectivity index (χ2n) is 11.5. The van der Waals surface area contributed by atoms with E-state index in [9.17, 15) is 4.39 Å². The van der Waals surface area contributed by atoms with Crippen LogP contribution in [0.2, 0.25) is 0 Å². The van der Waals surface area contributed by atoms with Crippen molar-refractivity contribution in [3.05, 3.63) is 143 Å². The van der Waals surface area contributed by atoms with Crippen LogP contribution >= 0.6 is 0 Å². The highest BCUT2D eigenvalue weighted by Crippen LogP contribution is 2.42. The summed E-state index contributed by atoms with van der Waals surface area (Å²) in [6.07, 6.45) is 0. The third-order valence-electron chi connectivity index (χ3n) is 8.20. The molecule has 1 heterocycles. The van der Waals surface area contributed by atoms with Crippen molar-refractivity contribution in [2.45, 2.75) is 58.0 Å². The van der Waals surface area contributed by atoms with Gasteiger partial charge in [0.05, 0.1) is 17.8 Å². The Hall–Kier alpha value is -3.51. The van der Waals surface area contributed by atoms with E-state index in [1.54, 1.807) is 6.07 Å². The predicted molar refractivity (Wildman–Crippen MR) is 161 cm³/mol. The number of benzene rings is 4. The first-order valence-electron chi connectivity index (χ1n) is 13.7. The van der Waals surface area contributed by atoms with Gasteiger partial charge in [0.25, 0.3) is 0 Å². The summed E-state index contributed by atoms with van der Waals surface area (Å²) in [5.41, 5.74) is 4.38. The zero-order chi connectivity index (χ0) is 28.5. The molecule has 3 nitrogen and oxygen atoms in total. The van der Waals surface area contributed by atoms with Crippen LogP contribution in [0, 0.1) is 5.82 Å². The molecule has 4 aromatic carbocycles. The number of hydrogen-bond donors (Lipinski definition) is 0. The summed E-state index contributed by atoms with van der Waals surface area (Å²) in [4.78, 5) is 0. The van der Waals surface area contributed by atoms with E-state index in [4.69, 9.17) is 14.0 Å². The van der Waals surface area contributed by atoms with Gasteiger partial charge in [0.15, 0.2) is 0 Å². The van der Waals surface area contributed by atoms with Crippen molar-refractivity contribution < 1.29 is 18.4 Å². The van der Waals surface area contributed by atoms with Gasteiger partial charge in [-0.25, -0.2) is 4.39 Å². The molecule has 0 atom stereocenters. The lowest BCUT2D eigenvalue weighted by Gasteiger charge is -2.36. The van der Waals surface area contributed by atoms with Crippen LogP contribution in [0.5, 0.6) is 0 Å². The number of halogens is 1. The number of rotatable bonds is 8. The highest BCUT2D eigenvalue weighted by molar-refractivity contribution is 6.62. The second-order valence-corrected chi connectivity index (χ2v) is 11.5. The maximum absolute atomic E-state index is 14.7. The molecule has 204 valence electrons. The Morgan fingerprint density at radius 1 is 0.775 bits per heavy atom. The van der Waals surface area contributed by atoms with E-state index in [0.29, 0.717) is 5.56 Å². The average molecular weight is 534 g/mol. The molecular formula is C35H36BFO3. The molecule has 0 amide bonds. The highest BCUT2D eigenvalue weighted by atomic mass is 19.1. The Labute approximate surface area is 237 Å². The molecule has 0 aliphatic carbocycles. The molecule has 4 aromatic rings. The minimum atomic E-state index is -0.963. The van der Waals surface area contributed by atoms with Crippen LogP contribution in [-0.4, -0.2) is 18.3 Å². The predicted octanol–water partition coefficient (Wildman–Crippen LogP) is 7.67. The lowest BCUT2D eigenvalue weighted by atomic mass is 9.75. The smallest absolute Gasteiger partial charge is 0.399 e. The van der Waals surface area contributed by atoms with Crippen LogP contribution in [-0.2, 0) is 26.3 Å². The minimum absolute atomic E-state index is 0.128. The monoisotopic (exact) mass is 534 g/mol. The third kappa shape index (κ3) is 5.17. The van der Waals surface area contributed by atoms with Gasteiger partial charge in [-0.05, 0) is 80.0 Å². The fourth-order valence-electron chi connectivity index (χ4n) is 5.17. The standard InChI is InChI=1S/C35H36BFO3/c1-25(2)26-17-19-30(20-18-26)35(28-13-9-7-10-14-28,29-15-11-8-12-16-29)38-24-27-23-31(37)21-22-32(27)36-39-33(3,4)34(5,6)40-36/h7-23H,1,24H2,2-6H3. The fourth-order valence-corrected chi connectivity index (χ4v) is 5.17. The van der Waals surface area contributed by atoms with Gasteiger partial charge in [-0.1, -0.05) is 103 Å². The number of ether oxygens (including phenoxy) is 1. The van der Waals surface area contributed by atoms with Crippen LogP contribution in [0.15, 0.2) is 110 Å². The quantitative estimate of drug-likeness (QED) is 0.172. The van der Waals surface area contributed by atoms with Crippen molar-refractivity contribution in [1.82, 2.24) is 0 Å². The Kier molecular flexibility index (Phi) is 7.58. The van der Waals surface area contributed by atoms with Crippen LogP contribution in [0.3, 0.4) is 0 Å². The first-order valence-corrected chi connectivity index (χ1v) is 13.7. The van der Waals surface area contributed by atoms with Gasteiger partial charge in [0.1, 0.15) is 11.4 Å². The average Bonchev–Trinajstić information content (AvgIpc) is 3.16. The molecule has 1 aliphatic heterocycles. The van der Waals surface area contributed by atoms with Gasteiger partial charge in [-0.15, -0.1) is 0 Å². The van der Waals surface area contributed by atoms with Gasteiger partial charge < -0.3 is 14.0 Å². The summed E-state index contributed by atoms with van der Waals surface area (Å²) >= 11 is 0. The molecule has 5 rings (SSSR count). The first-order chi connectivity index (χ1) is 19.0. The number of allylic oxidation sites excluding steroid dienone is 1. The van der Waals surface area contributed by atoms with Crippen LogP contribution in [0.4, 0.5) is 4.39 Å². The molecular weight excluding hydrogens is 498 g/mol. The van der Waals surface area contributed by atoms with Crippen LogP contribution in [0.25, 0.3) is 5.57 Å². The van der Waals surface area contributed by atoms with Gasteiger partial charge in [0.2, 0.25) is 0 Å². The summed E-state index contributed by atoms with van der Waals surface area (Å²) in [5, 5.41) is 0. The molecule has 5 heteroatoms. The molecule has 40 heavy (non-hydrogen) atoms. The van der Waals surface area contributed by atoms with E-state index in [0.717, 1.165) is 33.3 Å². The molecule has 0 spiro atoms. The lowest BCUT2D eigenvalue weighted by Crippen LogP contribution is -2.41. The van der Waals surface area contributed by atoms with Crippen LogP contribution in [0.1, 0.15) is 62.4 Å². The van der Waals surface area contributed by atoms with Gasteiger partial charge in [-0.2, -0.15) is 0 Å². The zero-order valence-electron chi connectivity index (χ0n) is 23.9. The Morgan fingerprint density at radius 3 is 1.77 bits per heavy atom. The van der Waals surface area contributed by atoms with Crippen molar-refractivity contribution >= 4 is 18.2 Å². The van der Waals surface area contributed by atoms with E-state index < -0.39 is 23.9 Å². The van der Waals surface area contributed by atoms with Gasteiger partial charge in [0, 0.05) is 0 Å². The summed E-state index contributed by atoms with van der Waals surface area (Å²) < 4.78 is 34.4. The van der Waals surface area contributed by atoms with E-state index >= 15 is 0 Å². The lowest BCUT2D eigenvalue weighted by molar-refractivity contribution is 0.000414. The summed E-state index contributed by atoms with van der Waals surface area (Å²) in [7, 11) is -0.637. The topological polar surface area (TPSA) is 27.7 Å². The van der Waals surface area contributed by atoms with E-state index in [1.807, 2.05) is 71.0 Å². The molecule has 1 fully saturated rings. The molecule has 0 unspecified atom stereocenters. The molecule has 0 saturated carbocycles. The minimum Gasteiger partial charge on any atom is -0.399 e. The summed E-state index contributed by atoms with van der Waals surface area (Å²) in [5.74, 6) is -0.338. The maximum atomic E-state index is 14.7. The van der Waals surface area contributed by atoms with Crippen molar-refractivity contribution in [3.63, 3.8) is 0 Å². The van der Waals surface area contributed by atoms with Gasteiger partial charge >= 0.3 is 7.12 Å². The molecule has 1 saturated heterocycles. The largest absolute Gasteiger partial charge is 0.495 e. The highest BCUT2D eigenvalue weighted by Gasteiger charge is 2.52. The Bertz CT molecular complexity index is 1430. The van der Waals surface area contributed by atoms with E-state index in [1.165, 1.54) is 12.1 Å². The molecule has 1 aliphatic rings. The van der Waals surface area contributed by atoms with Gasteiger partial charge in [-0.3, -0.25) is 0 Å². The van der Waals surface area contributed by atoms with Crippen LogP contribution < -0.4 is 5.46 Å². The maximum Gasteiger partial charge on any atom is 0.495 e. The van der Waals surface area contributed by atoms with Crippen molar-refractivity contribution in [2.75, 3.05) is 0 Å². The fraction of sp³-hybridized carbons (Fsp3) is 0.257. The summed E-state index contributed by atoms with van der Waals surface area (Å²) in [6.45, 7) is 14.3. The first kappa shape index (κ1) is 28.0. The molecule has 0 bridgehead atoms. The van der Waals surface area contributed by atoms with Crippen molar-refractivity contribution in [2.24, 2.45) is 0 Å². The normalized spacial score (nSPS) is 16.2. The molecule has 0 radical (unpaired) electrons. The summed E-state index contributed by atoms with van der Waals surface area (Å²) in [6, 6.07) is 33.3. The zero-order valence-corrected chi connectivity index (χ0v) is 23.9. The van der Waals surface area contributed by atoms with Crippen molar-refractivity contribution in [3.8, 4) is 0 Å². The second kappa shape index (κ2) is 10.8. The third-order valence-corrected chi connectivity index (χ3v) is 8.20. The molecule has 0 aromatic heterocycles. The number of hydrogen-bond acceptors (Lipinski definition) is 3. The van der Waals surface area contributed by atoms with E-state index in [-0.39, 0.29) is 12.4 Å². The van der Waals surface area contributed by atoms with Crippen molar-refractivity contribution in [1.29, 1.82) is 0 Å². The molecule has 0 N–H and O–H groups in total.